The van der Waals surface area contributed by atoms with Gasteiger partial charge >= 0.3 is 0 Å². The lowest BCUT2D eigenvalue weighted by molar-refractivity contribution is -0.382. The smallest absolute Gasteiger partial charge is 0.199 e. The number of hydrogen-bond acceptors (Lipinski definition) is 7. The number of hydrogen-bond donors (Lipinski definition) is 3. The molecule has 0 radical (unpaired) electrons. The summed E-state index contributed by atoms with van der Waals surface area (Å²) in [4.78, 5) is 25.9. The number of rotatable bonds is 0. The molecule has 0 aromatic rings. The molecule has 2 aliphatic heterocycles. The number of carbonyl (C=O) groups excluding carboxylic acids is 2. The molecule has 10 atom stereocenters. The normalized spacial score (nSPS) is 56.3. The van der Waals surface area contributed by atoms with E-state index in [1.165, 1.54) is 6.08 Å². The standard InChI is InChI=1S/C28H38O7/c1-14-17-8-10-27(35-28(14)22(32)15(2)23(3,4)34-28)19-12-21(31)26(33)13-16(29)7-9-24(26,5)18(19)11-20(30)25(17,27)6/h11-12,14-15,17,20,22,30,32-33H,7-10,13H2,1-6H3/t14-,15-,17+,20?,22+,24?,25-,26?,27-,28-/m0/s1. The Balaban J connectivity index is 1.58. The highest BCUT2D eigenvalue weighted by molar-refractivity contribution is 6.05. The van der Waals surface area contributed by atoms with E-state index in [2.05, 4.69) is 0 Å². The zero-order chi connectivity index (χ0) is 25.6. The summed E-state index contributed by atoms with van der Waals surface area (Å²) >= 11 is 0. The number of aliphatic hydroxyl groups is 3. The van der Waals surface area contributed by atoms with Crippen LogP contribution in [0.2, 0.25) is 0 Å². The molecule has 2 bridgehead atoms. The van der Waals surface area contributed by atoms with Gasteiger partial charge in [0.25, 0.3) is 0 Å². The summed E-state index contributed by atoms with van der Waals surface area (Å²) in [6.45, 7) is 11.8. The molecule has 4 aliphatic carbocycles. The predicted octanol–water partition coefficient (Wildman–Crippen LogP) is 2.61. The number of aliphatic hydroxyl groups excluding tert-OH is 2. The summed E-state index contributed by atoms with van der Waals surface area (Å²) in [5.41, 5.74) is -3.88. The van der Waals surface area contributed by atoms with Crippen molar-refractivity contribution < 1.29 is 34.4 Å². The van der Waals surface area contributed by atoms with E-state index in [9.17, 15) is 24.9 Å². The van der Waals surface area contributed by atoms with Crippen molar-refractivity contribution in [3.05, 3.63) is 23.3 Å². The Morgan fingerprint density at radius 3 is 2.29 bits per heavy atom. The van der Waals surface area contributed by atoms with Crippen LogP contribution in [0.25, 0.3) is 0 Å². The van der Waals surface area contributed by atoms with Gasteiger partial charge in [0, 0.05) is 35.5 Å². The molecule has 2 saturated heterocycles. The van der Waals surface area contributed by atoms with Crippen LogP contribution in [0.15, 0.2) is 23.3 Å². The van der Waals surface area contributed by atoms with E-state index < -0.39 is 51.4 Å². The molecule has 7 nitrogen and oxygen atoms in total. The van der Waals surface area contributed by atoms with E-state index in [0.29, 0.717) is 24.0 Å². The molecule has 0 amide bonds. The maximum Gasteiger partial charge on any atom is 0.199 e. The second-order valence-electron chi connectivity index (χ2n) is 13.2. The Bertz CT molecular complexity index is 1110. The maximum absolute atomic E-state index is 13.6. The van der Waals surface area contributed by atoms with Gasteiger partial charge in [-0.05, 0) is 56.3 Å². The van der Waals surface area contributed by atoms with E-state index >= 15 is 0 Å². The van der Waals surface area contributed by atoms with Gasteiger partial charge in [-0.3, -0.25) is 9.59 Å². The van der Waals surface area contributed by atoms with Crippen LogP contribution in [0, 0.1) is 28.6 Å². The van der Waals surface area contributed by atoms with Gasteiger partial charge in [0.15, 0.2) is 11.6 Å². The van der Waals surface area contributed by atoms with Gasteiger partial charge in [-0.1, -0.05) is 33.8 Å². The van der Waals surface area contributed by atoms with Crippen LogP contribution in [0.1, 0.15) is 73.6 Å². The maximum atomic E-state index is 13.6. The topological polar surface area (TPSA) is 113 Å². The van der Waals surface area contributed by atoms with Crippen molar-refractivity contribution in [2.24, 2.45) is 28.6 Å². The van der Waals surface area contributed by atoms with Crippen LogP contribution in [0.3, 0.4) is 0 Å². The summed E-state index contributed by atoms with van der Waals surface area (Å²) < 4.78 is 13.7. The van der Waals surface area contributed by atoms with E-state index in [1.54, 1.807) is 0 Å². The zero-order valence-corrected chi connectivity index (χ0v) is 21.6. The Hall–Kier alpha value is -1.38. The van der Waals surface area contributed by atoms with Gasteiger partial charge < -0.3 is 24.8 Å². The number of Topliss-reactive ketones (excluding diaryl/α,β-unsaturated/α-hetero) is 1. The van der Waals surface area contributed by atoms with Crippen molar-refractivity contribution in [3.63, 3.8) is 0 Å². The summed E-state index contributed by atoms with van der Waals surface area (Å²) in [6.07, 6.45) is 3.24. The van der Waals surface area contributed by atoms with Crippen molar-refractivity contribution in [1.82, 2.24) is 0 Å². The first-order valence-electron chi connectivity index (χ1n) is 13.1. The number of ether oxygens (including phenoxy) is 2. The molecule has 3 N–H and O–H groups in total. The van der Waals surface area contributed by atoms with Crippen molar-refractivity contribution in [1.29, 1.82) is 0 Å². The molecule has 6 aliphatic rings. The fourth-order valence-electron chi connectivity index (χ4n) is 8.92. The van der Waals surface area contributed by atoms with Gasteiger partial charge in [-0.25, -0.2) is 0 Å². The Morgan fingerprint density at radius 2 is 1.66 bits per heavy atom. The molecular formula is C28H38O7. The fourth-order valence-corrected chi connectivity index (χ4v) is 8.92. The monoisotopic (exact) mass is 486 g/mol. The van der Waals surface area contributed by atoms with E-state index in [-0.39, 0.29) is 36.4 Å². The first-order chi connectivity index (χ1) is 16.1. The highest BCUT2D eigenvalue weighted by Crippen LogP contribution is 2.73. The quantitative estimate of drug-likeness (QED) is 0.482. The van der Waals surface area contributed by atoms with E-state index in [0.717, 1.165) is 6.42 Å². The van der Waals surface area contributed by atoms with Crippen molar-refractivity contribution >= 4 is 11.6 Å². The number of ketones is 2. The van der Waals surface area contributed by atoms with Crippen molar-refractivity contribution in [2.75, 3.05) is 0 Å². The minimum atomic E-state index is -1.83. The number of carbonyl (C=O) groups is 2. The van der Waals surface area contributed by atoms with Crippen LogP contribution in [-0.4, -0.2) is 61.7 Å². The second kappa shape index (κ2) is 6.54. The summed E-state index contributed by atoms with van der Waals surface area (Å²) in [5.74, 6) is -2.26. The average molecular weight is 487 g/mol. The molecule has 2 saturated carbocycles. The third-order valence-electron chi connectivity index (χ3n) is 11.6. The van der Waals surface area contributed by atoms with Gasteiger partial charge in [0.2, 0.25) is 0 Å². The highest BCUT2D eigenvalue weighted by Gasteiger charge is 2.79. The van der Waals surface area contributed by atoms with Crippen LogP contribution < -0.4 is 0 Å². The Morgan fingerprint density at radius 1 is 0.971 bits per heavy atom. The molecule has 35 heavy (non-hydrogen) atoms. The molecule has 2 heterocycles. The lowest BCUT2D eigenvalue weighted by Gasteiger charge is -2.65. The lowest BCUT2D eigenvalue weighted by atomic mass is 9.47. The summed E-state index contributed by atoms with van der Waals surface area (Å²) in [7, 11) is 0. The molecular weight excluding hydrogens is 448 g/mol. The van der Waals surface area contributed by atoms with Gasteiger partial charge in [-0.15, -0.1) is 0 Å². The molecule has 6 rings (SSSR count). The van der Waals surface area contributed by atoms with Crippen LogP contribution in [-0.2, 0) is 19.1 Å². The van der Waals surface area contributed by atoms with Gasteiger partial charge in [0.05, 0.1) is 11.7 Å². The van der Waals surface area contributed by atoms with Crippen molar-refractivity contribution in [3.8, 4) is 0 Å². The molecule has 4 fully saturated rings. The van der Waals surface area contributed by atoms with Crippen LogP contribution >= 0.6 is 0 Å². The lowest BCUT2D eigenvalue weighted by Crippen LogP contribution is -2.72. The van der Waals surface area contributed by atoms with Gasteiger partial charge in [-0.2, -0.15) is 0 Å². The fraction of sp³-hybridized carbons (Fsp3) is 0.786. The second-order valence-corrected chi connectivity index (χ2v) is 13.2. The number of fused-ring (bicyclic) bond motifs is 3. The minimum Gasteiger partial charge on any atom is -0.388 e. The third-order valence-corrected chi connectivity index (χ3v) is 11.6. The van der Waals surface area contributed by atoms with Crippen molar-refractivity contribution in [2.45, 2.75) is 108 Å². The van der Waals surface area contributed by atoms with E-state index in [4.69, 9.17) is 9.47 Å². The minimum absolute atomic E-state index is 0.0163. The van der Waals surface area contributed by atoms with E-state index in [1.807, 2.05) is 47.6 Å². The SMILES string of the molecule is C[C@H]1[C@@H](O)[C@@]2(OC1(C)C)O[C@]13CC[C@H]([C@@H]2C)[C@@]1(C)C(O)C=C1C3=CC(=O)C2(O)CC(=O)CCC12C. The molecule has 0 aromatic carbocycles. The van der Waals surface area contributed by atoms with Crippen LogP contribution in [0.5, 0.6) is 0 Å². The first kappa shape index (κ1) is 24.0. The average Bonchev–Trinajstić information content (AvgIpc) is 3.11. The molecule has 192 valence electrons. The van der Waals surface area contributed by atoms with Crippen LogP contribution in [0.4, 0.5) is 0 Å². The van der Waals surface area contributed by atoms with Gasteiger partial charge in [0.1, 0.15) is 23.1 Å². The predicted molar refractivity (Wildman–Crippen MR) is 126 cm³/mol. The largest absolute Gasteiger partial charge is 0.388 e. The first-order valence-corrected chi connectivity index (χ1v) is 13.1. The third kappa shape index (κ3) is 2.37. The Labute approximate surface area is 206 Å². The zero-order valence-electron chi connectivity index (χ0n) is 21.6. The Kier molecular flexibility index (Phi) is 4.48. The molecule has 3 unspecified atom stereocenters. The molecule has 1 spiro atoms. The molecule has 0 aromatic heterocycles. The summed E-state index contributed by atoms with van der Waals surface area (Å²) in [5, 5.41) is 34.9. The summed E-state index contributed by atoms with van der Waals surface area (Å²) in [6, 6.07) is 0. The molecule has 7 heteroatoms. The highest BCUT2D eigenvalue weighted by atomic mass is 16.7.